The van der Waals surface area contributed by atoms with Crippen molar-refractivity contribution in [3.8, 4) is 22.5 Å². The van der Waals surface area contributed by atoms with Gasteiger partial charge in [-0.2, -0.15) is 0 Å². The average molecular weight is 625 g/mol. The lowest BCUT2D eigenvalue weighted by Crippen LogP contribution is -1.94. The molecule has 228 valence electrons. The van der Waals surface area contributed by atoms with E-state index in [1.165, 1.54) is 71.2 Å². The van der Waals surface area contributed by atoms with Crippen molar-refractivity contribution in [2.45, 2.75) is 0 Å². The van der Waals surface area contributed by atoms with Gasteiger partial charge in [-0.15, -0.1) is 0 Å². The van der Waals surface area contributed by atoms with Crippen molar-refractivity contribution in [1.29, 1.82) is 0 Å². The number of aromatic nitrogens is 2. The molecule has 49 heavy (non-hydrogen) atoms. The number of benzene rings is 8. The maximum atomic E-state index is 6.30. The topological polar surface area (TPSA) is 23.0 Å². The number of nitrogens with zero attached hydrogens (tertiary/aromatic N) is 2. The van der Waals surface area contributed by atoms with Gasteiger partial charge in [0.1, 0.15) is 11.2 Å². The van der Waals surface area contributed by atoms with Gasteiger partial charge in [0.25, 0.3) is 0 Å². The highest BCUT2D eigenvalue weighted by Gasteiger charge is 2.17. The first-order valence-electron chi connectivity index (χ1n) is 16.8. The van der Waals surface area contributed by atoms with Crippen LogP contribution >= 0.6 is 0 Å². The van der Waals surface area contributed by atoms with E-state index in [9.17, 15) is 0 Å². The Morgan fingerprint density at radius 2 is 0.857 bits per heavy atom. The van der Waals surface area contributed by atoms with Gasteiger partial charge in [0, 0.05) is 49.8 Å². The Kier molecular flexibility index (Phi) is 5.38. The second-order valence-corrected chi connectivity index (χ2v) is 13.0. The van der Waals surface area contributed by atoms with E-state index in [0.29, 0.717) is 0 Å². The summed E-state index contributed by atoms with van der Waals surface area (Å²) in [5, 5.41) is 9.75. The molecular weight excluding hydrogens is 597 g/mol. The number of furan rings is 1. The Bertz CT molecular complexity index is 3120. The van der Waals surface area contributed by atoms with Gasteiger partial charge in [-0.25, -0.2) is 0 Å². The predicted octanol–water partition coefficient (Wildman–Crippen LogP) is 12.6. The molecule has 0 saturated carbocycles. The zero-order chi connectivity index (χ0) is 32.1. The third kappa shape index (κ3) is 3.84. The molecule has 0 spiro atoms. The zero-order valence-corrected chi connectivity index (χ0v) is 26.5. The lowest BCUT2D eigenvalue weighted by atomic mass is 10.0. The van der Waals surface area contributed by atoms with Crippen molar-refractivity contribution >= 4 is 76.3 Å². The summed E-state index contributed by atoms with van der Waals surface area (Å²) in [5.41, 5.74) is 11.2. The molecule has 0 saturated heterocycles. The Labute approximate surface area is 281 Å². The van der Waals surface area contributed by atoms with E-state index in [4.69, 9.17) is 4.42 Å². The Hall–Kier alpha value is -6.58. The van der Waals surface area contributed by atoms with Crippen molar-refractivity contribution in [3.63, 3.8) is 0 Å². The van der Waals surface area contributed by atoms with Crippen LogP contribution in [0.1, 0.15) is 0 Å². The second-order valence-electron chi connectivity index (χ2n) is 13.0. The fourth-order valence-electron chi connectivity index (χ4n) is 8.03. The molecule has 11 aromatic rings. The first-order valence-corrected chi connectivity index (χ1v) is 16.8. The zero-order valence-electron chi connectivity index (χ0n) is 26.5. The Morgan fingerprint density at radius 3 is 1.71 bits per heavy atom. The minimum Gasteiger partial charge on any atom is -0.456 e. The number of hydrogen-bond acceptors (Lipinski definition) is 1. The molecule has 3 heteroatoms. The van der Waals surface area contributed by atoms with Crippen LogP contribution in [0.5, 0.6) is 0 Å². The molecule has 3 nitrogen and oxygen atoms in total. The van der Waals surface area contributed by atoms with Crippen LogP contribution in [0.15, 0.2) is 174 Å². The number of hydrogen-bond donors (Lipinski definition) is 0. The molecule has 0 bridgehead atoms. The molecule has 0 radical (unpaired) electrons. The van der Waals surface area contributed by atoms with Crippen molar-refractivity contribution in [2.75, 3.05) is 0 Å². The fourth-order valence-corrected chi connectivity index (χ4v) is 8.03. The lowest BCUT2D eigenvalue weighted by molar-refractivity contribution is 0.668. The van der Waals surface area contributed by atoms with Crippen LogP contribution in [0.3, 0.4) is 0 Å². The molecule has 0 unspecified atom stereocenters. The molecule has 3 aromatic heterocycles. The monoisotopic (exact) mass is 624 g/mol. The van der Waals surface area contributed by atoms with Gasteiger partial charge in [-0.05, 0) is 82.6 Å². The largest absolute Gasteiger partial charge is 0.456 e. The van der Waals surface area contributed by atoms with Crippen LogP contribution < -0.4 is 0 Å². The molecule has 0 atom stereocenters. The van der Waals surface area contributed by atoms with Crippen molar-refractivity contribution in [3.05, 3.63) is 170 Å². The molecule has 0 aliphatic heterocycles. The molecular formula is C46H28N2O. The quantitative estimate of drug-likeness (QED) is 0.192. The SMILES string of the molecule is c1ccc2cc(-n3c4ccccc4c4ccc(-c5ccc6c(c5)c5ccccc5n6-c5ccc6c(c5)oc5ccccc56)cc43)ccc2c1. The molecule has 11 rings (SSSR count). The Morgan fingerprint density at radius 1 is 0.306 bits per heavy atom. The minimum absolute atomic E-state index is 0.899. The third-order valence-electron chi connectivity index (χ3n) is 10.3. The van der Waals surface area contributed by atoms with E-state index in [2.05, 4.69) is 167 Å². The summed E-state index contributed by atoms with van der Waals surface area (Å²) in [6.07, 6.45) is 0. The van der Waals surface area contributed by atoms with Crippen LogP contribution in [0.4, 0.5) is 0 Å². The summed E-state index contributed by atoms with van der Waals surface area (Å²) in [5.74, 6) is 0. The lowest BCUT2D eigenvalue weighted by Gasteiger charge is -2.11. The van der Waals surface area contributed by atoms with E-state index in [0.717, 1.165) is 27.6 Å². The summed E-state index contributed by atoms with van der Waals surface area (Å²) in [6.45, 7) is 0. The van der Waals surface area contributed by atoms with Gasteiger partial charge in [-0.1, -0.05) is 103 Å². The van der Waals surface area contributed by atoms with Crippen molar-refractivity contribution < 1.29 is 4.42 Å². The molecule has 8 aromatic carbocycles. The molecule has 0 aliphatic carbocycles. The first kappa shape index (κ1) is 26.5. The van der Waals surface area contributed by atoms with Gasteiger partial charge in [0.05, 0.1) is 22.1 Å². The highest BCUT2D eigenvalue weighted by Crippen LogP contribution is 2.39. The standard InChI is InChI=1S/C46H28N2O/c1-2-10-30-25-33(20-17-29(30)9-1)48-41-14-6-3-11-35(41)37-22-18-32(27-44(37)48)31-19-24-43-40(26-31)36-12-4-7-15-42(36)47(43)34-21-23-39-38-13-5-8-16-45(38)49-46(39)28-34/h1-28H. The van der Waals surface area contributed by atoms with Crippen molar-refractivity contribution in [2.24, 2.45) is 0 Å². The van der Waals surface area contributed by atoms with Crippen LogP contribution in [-0.2, 0) is 0 Å². The highest BCUT2D eigenvalue weighted by molar-refractivity contribution is 6.13. The van der Waals surface area contributed by atoms with E-state index < -0.39 is 0 Å². The fraction of sp³-hybridized carbons (Fsp3) is 0. The normalized spacial score (nSPS) is 12.1. The van der Waals surface area contributed by atoms with Crippen LogP contribution in [-0.4, -0.2) is 9.13 Å². The average Bonchev–Trinajstić information content (AvgIpc) is 3.81. The third-order valence-corrected chi connectivity index (χ3v) is 10.3. The van der Waals surface area contributed by atoms with E-state index in [1.807, 2.05) is 12.1 Å². The summed E-state index contributed by atoms with van der Waals surface area (Å²) >= 11 is 0. The van der Waals surface area contributed by atoms with Gasteiger partial charge < -0.3 is 13.6 Å². The van der Waals surface area contributed by atoms with Crippen molar-refractivity contribution in [1.82, 2.24) is 9.13 Å². The number of rotatable bonds is 3. The first-order chi connectivity index (χ1) is 24.3. The second kappa shape index (κ2) is 9.96. The molecule has 0 fully saturated rings. The molecule has 0 amide bonds. The number of fused-ring (bicyclic) bond motifs is 10. The van der Waals surface area contributed by atoms with E-state index in [-0.39, 0.29) is 0 Å². The minimum atomic E-state index is 0.899. The van der Waals surface area contributed by atoms with Gasteiger partial charge in [-0.3, -0.25) is 0 Å². The van der Waals surface area contributed by atoms with Crippen LogP contribution in [0, 0.1) is 0 Å². The predicted molar refractivity (Wildman–Crippen MR) is 205 cm³/mol. The summed E-state index contributed by atoms with van der Waals surface area (Å²) in [6, 6.07) is 61.4. The summed E-state index contributed by atoms with van der Waals surface area (Å²) in [7, 11) is 0. The number of para-hydroxylation sites is 3. The van der Waals surface area contributed by atoms with E-state index in [1.54, 1.807) is 0 Å². The molecule has 0 N–H and O–H groups in total. The molecule has 3 heterocycles. The van der Waals surface area contributed by atoms with Crippen LogP contribution in [0.25, 0.3) is 98.8 Å². The highest BCUT2D eigenvalue weighted by atomic mass is 16.3. The van der Waals surface area contributed by atoms with Gasteiger partial charge in [0.15, 0.2) is 0 Å². The van der Waals surface area contributed by atoms with Crippen LogP contribution in [0.2, 0.25) is 0 Å². The van der Waals surface area contributed by atoms with Gasteiger partial charge in [0.2, 0.25) is 0 Å². The maximum Gasteiger partial charge on any atom is 0.137 e. The Balaban J connectivity index is 1.11. The molecule has 0 aliphatic rings. The smallest absolute Gasteiger partial charge is 0.137 e. The summed E-state index contributed by atoms with van der Waals surface area (Å²) < 4.78 is 11.1. The van der Waals surface area contributed by atoms with Gasteiger partial charge >= 0.3 is 0 Å². The van der Waals surface area contributed by atoms with E-state index >= 15 is 0 Å². The maximum absolute atomic E-state index is 6.30. The summed E-state index contributed by atoms with van der Waals surface area (Å²) in [4.78, 5) is 0.